The van der Waals surface area contributed by atoms with Crippen LogP contribution in [0.15, 0.2) is 12.4 Å². The molecule has 2 aromatic heterocycles. The fraction of sp³-hybridized carbons (Fsp3) is 0.455. The van der Waals surface area contributed by atoms with Crippen molar-refractivity contribution in [3.05, 3.63) is 23.8 Å². The van der Waals surface area contributed by atoms with Gasteiger partial charge in [-0.05, 0) is 13.0 Å². The quantitative estimate of drug-likeness (QED) is 0.789. The van der Waals surface area contributed by atoms with Crippen LogP contribution in [0.4, 0.5) is 0 Å². The number of rotatable bonds is 2. The Balaban J connectivity index is 2.11. The highest BCUT2D eigenvalue weighted by molar-refractivity contribution is 5.60. The van der Waals surface area contributed by atoms with E-state index in [2.05, 4.69) is 20.8 Å². The molecule has 0 aromatic carbocycles. The summed E-state index contributed by atoms with van der Waals surface area (Å²) in [5, 5.41) is 4.49. The van der Waals surface area contributed by atoms with Crippen molar-refractivity contribution in [1.82, 2.24) is 19.3 Å². The van der Waals surface area contributed by atoms with Gasteiger partial charge in [0, 0.05) is 31.8 Å². The van der Waals surface area contributed by atoms with Crippen LogP contribution in [0.3, 0.4) is 0 Å². The van der Waals surface area contributed by atoms with E-state index in [-0.39, 0.29) is 0 Å². The summed E-state index contributed by atoms with van der Waals surface area (Å²) in [7, 11) is 1.96. The Bertz CT molecular complexity index is 522. The fourth-order valence-corrected chi connectivity index (χ4v) is 2.35. The number of aryl methyl sites for hydroxylation is 2. The van der Waals surface area contributed by atoms with Gasteiger partial charge in [0.25, 0.3) is 0 Å². The largest absolute Gasteiger partial charge is 0.330 e. The van der Waals surface area contributed by atoms with Gasteiger partial charge >= 0.3 is 0 Å². The van der Waals surface area contributed by atoms with Gasteiger partial charge in [0.1, 0.15) is 11.5 Å². The topological polar surface area (TPSA) is 61.7 Å². The molecule has 0 amide bonds. The first-order valence-corrected chi connectivity index (χ1v) is 5.57. The van der Waals surface area contributed by atoms with Crippen LogP contribution in [0, 0.1) is 0 Å². The average molecular weight is 217 g/mol. The van der Waals surface area contributed by atoms with Gasteiger partial charge in [-0.3, -0.25) is 4.68 Å². The predicted molar refractivity (Wildman–Crippen MR) is 60.9 cm³/mol. The third kappa shape index (κ3) is 1.28. The second-order valence-electron chi connectivity index (χ2n) is 4.18. The van der Waals surface area contributed by atoms with Crippen molar-refractivity contribution in [2.45, 2.75) is 19.4 Å². The lowest BCUT2D eigenvalue weighted by Gasteiger charge is -2.15. The van der Waals surface area contributed by atoms with Crippen LogP contribution in [-0.4, -0.2) is 25.9 Å². The molecule has 0 fully saturated rings. The molecule has 0 radical (unpaired) electrons. The van der Waals surface area contributed by atoms with Crippen molar-refractivity contribution >= 4 is 0 Å². The van der Waals surface area contributed by atoms with Crippen LogP contribution in [0.5, 0.6) is 0 Å². The normalized spacial score (nSPS) is 13.6. The first-order chi connectivity index (χ1) is 7.79. The van der Waals surface area contributed by atoms with Crippen LogP contribution in [-0.2, 0) is 26.4 Å². The Hall–Kier alpha value is -1.62. The second-order valence-corrected chi connectivity index (χ2v) is 4.18. The summed E-state index contributed by atoms with van der Waals surface area (Å²) in [6, 6.07) is 0. The molecule has 0 unspecified atom stereocenters. The van der Waals surface area contributed by atoms with Gasteiger partial charge in [-0.2, -0.15) is 5.10 Å². The van der Waals surface area contributed by atoms with Crippen molar-refractivity contribution in [2.24, 2.45) is 12.8 Å². The molecule has 1 aliphatic heterocycles. The molecule has 0 spiro atoms. The Morgan fingerprint density at radius 2 is 2.38 bits per heavy atom. The lowest BCUT2D eigenvalue weighted by atomic mass is 10.1. The summed E-state index contributed by atoms with van der Waals surface area (Å²) >= 11 is 0. The molecule has 5 heteroatoms. The minimum atomic E-state index is 0.644. The van der Waals surface area contributed by atoms with E-state index in [0.29, 0.717) is 6.54 Å². The molecule has 0 bridgehead atoms. The highest BCUT2D eigenvalue weighted by atomic mass is 15.3. The Morgan fingerprint density at radius 1 is 1.50 bits per heavy atom. The van der Waals surface area contributed by atoms with E-state index in [1.54, 1.807) is 0 Å². The number of hydrogen-bond donors (Lipinski definition) is 1. The summed E-state index contributed by atoms with van der Waals surface area (Å²) in [4.78, 5) is 4.43. The zero-order valence-corrected chi connectivity index (χ0v) is 9.35. The smallest absolute Gasteiger partial charge is 0.114 e. The summed E-state index contributed by atoms with van der Waals surface area (Å²) in [5.41, 5.74) is 9.10. The predicted octanol–water partition coefficient (Wildman–Crippen LogP) is 0.341. The highest BCUT2D eigenvalue weighted by Gasteiger charge is 2.21. The molecule has 0 saturated heterocycles. The van der Waals surface area contributed by atoms with E-state index >= 15 is 0 Å². The SMILES string of the molecule is Cn1cc2c(n1)-c1cnc(CCN)n1CC2. The number of fused-ring (bicyclic) bond motifs is 3. The molecule has 5 nitrogen and oxygen atoms in total. The zero-order valence-electron chi connectivity index (χ0n) is 9.35. The van der Waals surface area contributed by atoms with Gasteiger partial charge in [0.05, 0.1) is 11.9 Å². The molecular formula is C11H15N5. The molecule has 84 valence electrons. The standard InChI is InChI=1S/C11H15N5/c1-15-7-8-3-5-16-9(11(8)14-15)6-13-10(16)2-4-12/h6-7H,2-5,12H2,1H3. The van der Waals surface area contributed by atoms with Crippen molar-refractivity contribution in [3.8, 4) is 11.4 Å². The van der Waals surface area contributed by atoms with Crippen LogP contribution in [0.1, 0.15) is 11.4 Å². The molecule has 2 aromatic rings. The van der Waals surface area contributed by atoms with Crippen LogP contribution in [0.25, 0.3) is 11.4 Å². The van der Waals surface area contributed by atoms with Crippen molar-refractivity contribution in [3.63, 3.8) is 0 Å². The van der Waals surface area contributed by atoms with Crippen LogP contribution >= 0.6 is 0 Å². The van der Waals surface area contributed by atoms with E-state index in [0.717, 1.165) is 36.6 Å². The van der Waals surface area contributed by atoms with Gasteiger partial charge in [0.2, 0.25) is 0 Å². The van der Waals surface area contributed by atoms with E-state index in [4.69, 9.17) is 5.73 Å². The first kappa shape index (κ1) is 9.59. The molecule has 0 atom stereocenters. The third-order valence-electron chi connectivity index (χ3n) is 3.06. The number of nitrogens with two attached hydrogens (primary N) is 1. The first-order valence-electron chi connectivity index (χ1n) is 5.57. The minimum absolute atomic E-state index is 0.644. The summed E-state index contributed by atoms with van der Waals surface area (Å²) in [6.45, 7) is 1.63. The molecular weight excluding hydrogens is 202 g/mol. The minimum Gasteiger partial charge on any atom is -0.330 e. The van der Waals surface area contributed by atoms with Gasteiger partial charge in [-0.1, -0.05) is 0 Å². The number of imidazole rings is 1. The Labute approximate surface area is 93.9 Å². The molecule has 1 aliphatic rings. The van der Waals surface area contributed by atoms with Gasteiger partial charge < -0.3 is 10.3 Å². The zero-order chi connectivity index (χ0) is 11.1. The number of nitrogens with zero attached hydrogens (tertiary/aromatic N) is 4. The van der Waals surface area contributed by atoms with E-state index in [1.165, 1.54) is 5.56 Å². The van der Waals surface area contributed by atoms with E-state index in [1.807, 2.05) is 17.9 Å². The second kappa shape index (κ2) is 3.45. The highest BCUT2D eigenvalue weighted by Crippen LogP contribution is 2.28. The molecule has 3 rings (SSSR count). The maximum Gasteiger partial charge on any atom is 0.114 e. The number of aromatic nitrogens is 4. The average Bonchev–Trinajstić information content (AvgIpc) is 2.81. The van der Waals surface area contributed by atoms with Gasteiger partial charge in [0.15, 0.2) is 0 Å². The molecule has 16 heavy (non-hydrogen) atoms. The van der Waals surface area contributed by atoms with Crippen LogP contribution in [0.2, 0.25) is 0 Å². The van der Waals surface area contributed by atoms with Crippen molar-refractivity contribution in [1.29, 1.82) is 0 Å². The maximum atomic E-state index is 5.58. The molecule has 0 saturated carbocycles. The monoisotopic (exact) mass is 217 g/mol. The summed E-state index contributed by atoms with van der Waals surface area (Å²) in [6.07, 6.45) is 5.87. The van der Waals surface area contributed by atoms with E-state index in [9.17, 15) is 0 Å². The fourth-order valence-electron chi connectivity index (χ4n) is 2.35. The van der Waals surface area contributed by atoms with Crippen LogP contribution < -0.4 is 5.73 Å². The van der Waals surface area contributed by atoms with Crippen molar-refractivity contribution in [2.75, 3.05) is 6.54 Å². The maximum absolute atomic E-state index is 5.58. The lowest BCUT2D eigenvalue weighted by molar-refractivity contribution is 0.640. The molecule has 2 N–H and O–H groups in total. The van der Waals surface area contributed by atoms with Gasteiger partial charge in [-0.15, -0.1) is 0 Å². The lowest BCUT2D eigenvalue weighted by Crippen LogP contribution is -2.15. The summed E-state index contributed by atoms with van der Waals surface area (Å²) in [5.74, 6) is 1.08. The van der Waals surface area contributed by atoms with Crippen molar-refractivity contribution < 1.29 is 0 Å². The van der Waals surface area contributed by atoms with Gasteiger partial charge in [-0.25, -0.2) is 4.98 Å². The summed E-state index contributed by atoms with van der Waals surface area (Å²) < 4.78 is 4.11. The Morgan fingerprint density at radius 3 is 3.19 bits per heavy atom. The third-order valence-corrected chi connectivity index (χ3v) is 3.06. The van der Waals surface area contributed by atoms with E-state index < -0.39 is 0 Å². The molecule has 3 heterocycles. The number of hydrogen-bond acceptors (Lipinski definition) is 3. The molecule has 0 aliphatic carbocycles. The Kier molecular flexibility index (Phi) is 2.07.